The molecule has 0 saturated heterocycles. The quantitative estimate of drug-likeness (QED) is 0.0320. The minimum atomic E-state index is -0.840. The second-order valence-electron chi connectivity index (χ2n) is 28.5. The maximum absolute atomic E-state index is 12.5. The summed E-state index contributed by atoms with van der Waals surface area (Å²) in [6.45, 7) is 4.96. The van der Waals surface area contributed by atoms with Crippen LogP contribution in [0, 0.1) is 0 Å². The fourth-order valence-electron chi connectivity index (χ4n) is 13.3. The van der Waals surface area contributed by atoms with E-state index >= 15 is 0 Å². The third kappa shape index (κ3) is 73.6. The van der Waals surface area contributed by atoms with Crippen LogP contribution in [0.3, 0.4) is 0 Å². The number of unbranched alkanes of at least 4 members (excludes halogenated alkanes) is 67. The van der Waals surface area contributed by atoms with Gasteiger partial charge in [-0.1, -0.05) is 443 Å². The van der Waals surface area contributed by atoms with Crippen LogP contribution < -0.4 is 5.32 Å². The summed E-state index contributed by atoms with van der Waals surface area (Å²) in [7, 11) is 0. The van der Waals surface area contributed by atoms with Crippen LogP contribution in [0.2, 0.25) is 0 Å². The highest BCUT2D eigenvalue weighted by Gasteiger charge is 2.18. The maximum atomic E-state index is 12.5. The SMILES string of the molecule is CCCCCCCCCCCCCCCCCCCC/C=C/C(O)C(CO)NC(=O)CCCCCCCCCCCCCCCCCCCCCCCCCCCCCCCCCCCCCCCCCOC(=O)CCCCCCCCCCCCCC. The Morgan fingerprint density at radius 3 is 0.773 bits per heavy atom. The summed E-state index contributed by atoms with van der Waals surface area (Å²) in [5, 5.41) is 23.3. The zero-order chi connectivity index (χ0) is 63.5. The summed E-state index contributed by atoms with van der Waals surface area (Å²) in [6.07, 6.45) is 99.3. The van der Waals surface area contributed by atoms with Crippen LogP contribution in [0.15, 0.2) is 12.2 Å². The number of carbonyl (C=O) groups excluding carboxylic acids is 2. The van der Waals surface area contributed by atoms with Crippen LogP contribution in [-0.2, 0) is 14.3 Å². The molecule has 0 spiro atoms. The van der Waals surface area contributed by atoms with Crippen LogP contribution in [0.5, 0.6) is 0 Å². The third-order valence-electron chi connectivity index (χ3n) is 19.6. The van der Waals surface area contributed by atoms with Gasteiger partial charge in [0.25, 0.3) is 0 Å². The van der Waals surface area contributed by atoms with E-state index in [2.05, 4.69) is 19.2 Å². The van der Waals surface area contributed by atoms with Gasteiger partial charge in [-0.25, -0.2) is 0 Å². The molecule has 0 heterocycles. The molecule has 0 aromatic carbocycles. The van der Waals surface area contributed by atoms with E-state index in [1.807, 2.05) is 6.08 Å². The smallest absolute Gasteiger partial charge is 0.305 e. The molecule has 0 radical (unpaired) electrons. The van der Waals surface area contributed by atoms with Crippen molar-refractivity contribution in [2.24, 2.45) is 0 Å². The highest BCUT2D eigenvalue weighted by molar-refractivity contribution is 5.76. The Morgan fingerprint density at radius 2 is 0.523 bits per heavy atom. The first kappa shape index (κ1) is 86.6. The minimum absolute atomic E-state index is 0.0257. The summed E-state index contributed by atoms with van der Waals surface area (Å²) in [4.78, 5) is 24.6. The predicted molar refractivity (Wildman–Crippen MR) is 389 cm³/mol. The lowest BCUT2D eigenvalue weighted by atomic mass is 10.0. The normalized spacial score (nSPS) is 12.5. The van der Waals surface area contributed by atoms with E-state index < -0.39 is 12.1 Å². The van der Waals surface area contributed by atoms with Crippen molar-refractivity contribution in [3.05, 3.63) is 12.2 Å². The number of rotatable bonds is 78. The standard InChI is InChI=1S/C82H161NO5/c1-3-5-7-9-11-13-15-17-18-19-20-42-45-48-51-54-58-62-66-70-74-80(85)79(78-84)83-81(86)75-71-67-63-59-55-52-49-46-43-40-38-36-34-32-30-28-26-24-22-21-23-25-27-29-31-33-35-37-39-41-44-47-50-53-57-61-65-69-73-77-88-82(87)76-72-68-64-60-56-16-14-12-10-8-6-4-2/h70,74,79-80,84-85H,3-69,71-73,75-78H2,1-2H3,(H,83,86)/b74-70+. The first-order valence-electron chi connectivity index (χ1n) is 41.0. The van der Waals surface area contributed by atoms with E-state index in [0.717, 1.165) is 38.5 Å². The van der Waals surface area contributed by atoms with Crippen LogP contribution in [0.25, 0.3) is 0 Å². The molecule has 0 saturated carbocycles. The molecule has 0 aliphatic rings. The zero-order valence-corrected chi connectivity index (χ0v) is 60.3. The van der Waals surface area contributed by atoms with E-state index in [1.165, 1.54) is 411 Å². The molecule has 88 heavy (non-hydrogen) atoms. The van der Waals surface area contributed by atoms with Gasteiger partial charge in [0, 0.05) is 12.8 Å². The lowest BCUT2D eigenvalue weighted by Crippen LogP contribution is -2.45. The Balaban J connectivity index is 3.31. The fourth-order valence-corrected chi connectivity index (χ4v) is 13.3. The maximum Gasteiger partial charge on any atom is 0.305 e. The molecule has 0 fully saturated rings. The Kier molecular flexibility index (Phi) is 76.8. The summed E-state index contributed by atoms with van der Waals surface area (Å²) in [5.41, 5.74) is 0. The summed E-state index contributed by atoms with van der Waals surface area (Å²) in [5.74, 6) is -0.0311. The van der Waals surface area contributed by atoms with Gasteiger partial charge in [-0.2, -0.15) is 0 Å². The Labute approximate surface area is 552 Å². The topological polar surface area (TPSA) is 95.9 Å². The number of aliphatic hydroxyl groups is 2. The zero-order valence-electron chi connectivity index (χ0n) is 60.3. The lowest BCUT2D eigenvalue weighted by molar-refractivity contribution is -0.143. The van der Waals surface area contributed by atoms with Crippen molar-refractivity contribution in [2.75, 3.05) is 13.2 Å². The van der Waals surface area contributed by atoms with E-state index in [-0.39, 0.29) is 18.5 Å². The lowest BCUT2D eigenvalue weighted by Gasteiger charge is -2.20. The number of hydrogen-bond acceptors (Lipinski definition) is 5. The van der Waals surface area contributed by atoms with Crippen LogP contribution >= 0.6 is 0 Å². The predicted octanol–water partition coefficient (Wildman–Crippen LogP) is 27.1. The first-order chi connectivity index (χ1) is 43.5. The molecule has 3 N–H and O–H groups in total. The molecule has 0 aliphatic carbocycles. The van der Waals surface area contributed by atoms with Gasteiger partial charge in [-0.3, -0.25) is 9.59 Å². The van der Waals surface area contributed by atoms with Gasteiger partial charge in [0.05, 0.1) is 25.4 Å². The molecule has 0 aromatic rings. The summed E-state index contributed by atoms with van der Waals surface area (Å²) < 4.78 is 5.49. The number of esters is 1. The highest BCUT2D eigenvalue weighted by atomic mass is 16.5. The van der Waals surface area contributed by atoms with E-state index in [9.17, 15) is 19.8 Å². The van der Waals surface area contributed by atoms with Crippen molar-refractivity contribution in [1.29, 1.82) is 0 Å². The molecule has 2 atom stereocenters. The van der Waals surface area contributed by atoms with Crippen LogP contribution in [0.1, 0.15) is 476 Å². The molecule has 0 rings (SSSR count). The number of carbonyl (C=O) groups is 2. The van der Waals surface area contributed by atoms with Crippen LogP contribution in [-0.4, -0.2) is 47.4 Å². The Bertz CT molecular complexity index is 1340. The molecule has 1 amide bonds. The number of allylic oxidation sites excluding steroid dienone is 1. The van der Waals surface area contributed by atoms with Crippen molar-refractivity contribution in [2.45, 2.75) is 488 Å². The Hall–Kier alpha value is -1.40. The number of ether oxygens (including phenoxy) is 1. The second-order valence-corrected chi connectivity index (χ2v) is 28.5. The number of nitrogens with one attached hydrogen (secondary N) is 1. The molecule has 0 aliphatic heterocycles. The summed E-state index contributed by atoms with van der Waals surface area (Å²) >= 11 is 0. The van der Waals surface area contributed by atoms with Gasteiger partial charge in [-0.15, -0.1) is 0 Å². The fraction of sp³-hybridized carbons (Fsp3) is 0.951. The monoisotopic (exact) mass is 1240 g/mol. The average Bonchev–Trinajstić information content (AvgIpc) is 3.55. The van der Waals surface area contributed by atoms with Crippen molar-refractivity contribution >= 4 is 11.9 Å². The van der Waals surface area contributed by atoms with Gasteiger partial charge in [0.2, 0.25) is 5.91 Å². The number of hydrogen-bond donors (Lipinski definition) is 3. The largest absolute Gasteiger partial charge is 0.466 e. The molecule has 0 aromatic heterocycles. The molecule has 524 valence electrons. The van der Waals surface area contributed by atoms with Gasteiger partial charge < -0.3 is 20.3 Å². The van der Waals surface area contributed by atoms with Gasteiger partial charge in [0.1, 0.15) is 0 Å². The van der Waals surface area contributed by atoms with E-state index in [0.29, 0.717) is 19.4 Å². The van der Waals surface area contributed by atoms with E-state index in [1.54, 1.807) is 6.08 Å². The molecule has 2 unspecified atom stereocenters. The van der Waals surface area contributed by atoms with Gasteiger partial charge in [-0.05, 0) is 32.1 Å². The first-order valence-corrected chi connectivity index (χ1v) is 41.0. The second kappa shape index (κ2) is 78.0. The average molecular weight is 1240 g/mol. The van der Waals surface area contributed by atoms with Crippen molar-refractivity contribution in [3.8, 4) is 0 Å². The number of aliphatic hydroxyl groups excluding tert-OH is 2. The minimum Gasteiger partial charge on any atom is -0.466 e. The molecule has 6 nitrogen and oxygen atoms in total. The van der Waals surface area contributed by atoms with Crippen molar-refractivity contribution < 1.29 is 24.5 Å². The highest BCUT2D eigenvalue weighted by Crippen LogP contribution is 2.21. The van der Waals surface area contributed by atoms with E-state index in [4.69, 9.17) is 4.74 Å². The molecular weight excluding hydrogens is 1080 g/mol. The number of amides is 1. The van der Waals surface area contributed by atoms with Crippen LogP contribution in [0.4, 0.5) is 0 Å². The molecule has 0 bridgehead atoms. The van der Waals surface area contributed by atoms with Gasteiger partial charge >= 0.3 is 5.97 Å². The molecule has 6 heteroatoms. The van der Waals surface area contributed by atoms with Gasteiger partial charge in [0.15, 0.2) is 0 Å². The van der Waals surface area contributed by atoms with Crippen molar-refractivity contribution in [1.82, 2.24) is 5.32 Å². The molecular formula is C82H161NO5. The Morgan fingerprint density at radius 1 is 0.307 bits per heavy atom. The van der Waals surface area contributed by atoms with Crippen molar-refractivity contribution in [3.63, 3.8) is 0 Å². The third-order valence-corrected chi connectivity index (χ3v) is 19.6. The summed E-state index contributed by atoms with van der Waals surface area (Å²) in [6, 6.07) is -0.623.